The lowest BCUT2D eigenvalue weighted by Gasteiger charge is -2.21. The molecule has 134 valence electrons. The van der Waals surface area contributed by atoms with Gasteiger partial charge >= 0.3 is 0 Å². The second-order valence-corrected chi connectivity index (χ2v) is 7.30. The largest absolute Gasteiger partial charge is 0.340 e. The number of amides is 1. The highest BCUT2D eigenvalue weighted by Crippen LogP contribution is 2.28. The van der Waals surface area contributed by atoms with E-state index >= 15 is 0 Å². The summed E-state index contributed by atoms with van der Waals surface area (Å²) in [6.07, 6.45) is 3.80. The standard InChI is InChI=1S/C20H28N4O/c1-14(2)17(21)12-13-23(3)20(25)19-16-10-7-11-18(16)24(22-19)15-8-5-4-6-9-15/h4-6,8-9,14,17H,7,10-13,21H2,1-3H3. The van der Waals surface area contributed by atoms with Crippen molar-refractivity contribution in [1.82, 2.24) is 14.7 Å². The number of carbonyl (C=O) groups is 1. The van der Waals surface area contributed by atoms with Crippen molar-refractivity contribution in [2.75, 3.05) is 13.6 Å². The van der Waals surface area contributed by atoms with Crippen molar-refractivity contribution in [1.29, 1.82) is 0 Å². The number of hydrogen-bond acceptors (Lipinski definition) is 3. The van der Waals surface area contributed by atoms with Crippen LogP contribution in [0.4, 0.5) is 0 Å². The second kappa shape index (κ2) is 7.40. The van der Waals surface area contributed by atoms with Crippen LogP contribution in [0.25, 0.3) is 5.69 Å². The van der Waals surface area contributed by atoms with Gasteiger partial charge < -0.3 is 10.6 Å². The van der Waals surface area contributed by atoms with Gasteiger partial charge in [-0.1, -0.05) is 32.0 Å². The second-order valence-electron chi connectivity index (χ2n) is 7.30. The Balaban J connectivity index is 1.82. The highest BCUT2D eigenvalue weighted by molar-refractivity contribution is 5.94. The van der Waals surface area contributed by atoms with Crippen LogP contribution in [0.1, 0.15) is 48.4 Å². The molecular formula is C20H28N4O. The number of benzene rings is 1. The maximum absolute atomic E-state index is 12.9. The molecule has 2 aromatic rings. The van der Waals surface area contributed by atoms with Crippen LogP contribution < -0.4 is 5.73 Å². The molecule has 0 bridgehead atoms. The van der Waals surface area contributed by atoms with Crippen LogP contribution >= 0.6 is 0 Å². The lowest BCUT2D eigenvalue weighted by molar-refractivity contribution is 0.0782. The third kappa shape index (κ3) is 3.61. The molecule has 1 aromatic heterocycles. The number of hydrogen-bond donors (Lipinski definition) is 1. The van der Waals surface area contributed by atoms with E-state index in [0.29, 0.717) is 18.2 Å². The molecule has 0 radical (unpaired) electrons. The van der Waals surface area contributed by atoms with E-state index in [1.807, 2.05) is 42.1 Å². The number of aromatic nitrogens is 2. The lowest BCUT2D eigenvalue weighted by Crippen LogP contribution is -2.35. The van der Waals surface area contributed by atoms with Gasteiger partial charge in [0.1, 0.15) is 0 Å². The van der Waals surface area contributed by atoms with E-state index in [4.69, 9.17) is 5.73 Å². The molecule has 5 nitrogen and oxygen atoms in total. The van der Waals surface area contributed by atoms with Crippen molar-refractivity contribution in [2.24, 2.45) is 11.7 Å². The van der Waals surface area contributed by atoms with Gasteiger partial charge in [-0.2, -0.15) is 5.10 Å². The minimum atomic E-state index is 0.00351. The molecule has 1 heterocycles. The van der Waals surface area contributed by atoms with Gasteiger partial charge in [0.2, 0.25) is 0 Å². The molecule has 0 saturated carbocycles. The molecule has 1 aromatic carbocycles. The topological polar surface area (TPSA) is 64.2 Å². The third-order valence-electron chi connectivity index (χ3n) is 5.13. The van der Waals surface area contributed by atoms with Crippen molar-refractivity contribution < 1.29 is 4.79 Å². The van der Waals surface area contributed by atoms with Crippen molar-refractivity contribution in [3.63, 3.8) is 0 Å². The van der Waals surface area contributed by atoms with Gasteiger partial charge in [-0.15, -0.1) is 0 Å². The van der Waals surface area contributed by atoms with Crippen LogP contribution in [0.3, 0.4) is 0 Å². The number of fused-ring (bicyclic) bond motifs is 1. The van der Waals surface area contributed by atoms with Crippen LogP contribution in [-0.2, 0) is 12.8 Å². The summed E-state index contributed by atoms with van der Waals surface area (Å²) in [5, 5.41) is 4.68. The van der Waals surface area contributed by atoms with Gasteiger partial charge in [0, 0.05) is 30.9 Å². The molecule has 0 fully saturated rings. The Morgan fingerprint density at radius 3 is 2.68 bits per heavy atom. The van der Waals surface area contributed by atoms with Gasteiger partial charge in [0.25, 0.3) is 5.91 Å². The summed E-state index contributed by atoms with van der Waals surface area (Å²) < 4.78 is 1.95. The minimum absolute atomic E-state index is 0.00351. The SMILES string of the molecule is CC(C)C(N)CCN(C)C(=O)c1nn(-c2ccccc2)c2c1CCC2. The monoisotopic (exact) mass is 340 g/mol. The minimum Gasteiger partial charge on any atom is -0.340 e. The van der Waals surface area contributed by atoms with Crippen molar-refractivity contribution in [3.05, 3.63) is 47.3 Å². The molecule has 1 aliphatic carbocycles. The van der Waals surface area contributed by atoms with Gasteiger partial charge in [0.15, 0.2) is 5.69 Å². The summed E-state index contributed by atoms with van der Waals surface area (Å²) in [5.74, 6) is 0.425. The van der Waals surface area contributed by atoms with Crippen molar-refractivity contribution >= 4 is 5.91 Å². The summed E-state index contributed by atoms with van der Waals surface area (Å²) in [4.78, 5) is 14.7. The van der Waals surface area contributed by atoms with Gasteiger partial charge in [-0.05, 0) is 43.7 Å². The van der Waals surface area contributed by atoms with E-state index in [0.717, 1.165) is 36.9 Å². The summed E-state index contributed by atoms with van der Waals surface area (Å²) in [6, 6.07) is 10.2. The molecular weight excluding hydrogens is 312 g/mol. The van der Waals surface area contributed by atoms with Crippen LogP contribution in [0.15, 0.2) is 30.3 Å². The molecule has 1 unspecified atom stereocenters. The zero-order valence-corrected chi connectivity index (χ0v) is 15.4. The fraction of sp³-hybridized carbons (Fsp3) is 0.500. The number of para-hydroxylation sites is 1. The van der Waals surface area contributed by atoms with E-state index in [1.165, 1.54) is 5.69 Å². The van der Waals surface area contributed by atoms with Gasteiger partial charge in [-0.3, -0.25) is 4.79 Å². The Kier molecular flexibility index (Phi) is 5.23. The molecule has 0 aliphatic heterocycles. The summed E-state index contributed by atoms with van der Waals surface area (Å²) in [6.45, 7) is 4.88. The van der Waals surface area contributed by atoms with Crippen LogP contribution in [0.5, 0.6) is 0 Å². The predicted octanol–water partition coefficient (Wildman–Crippen LogP) is 2.81. The zero-order valence-electron chi connectivity index (χ0n) is 15.4. The van der Waals surface area contributed by atoms with E-state index in [-0.39, 0.29) is 11.9 Å². The van der Waals surface area contributed by atoms with Gasteiger partial charge in [-0.25, -0.2) is 4.68 Å². The molecule has 3 rings (SSSR count). The Morgan fingerprint density at radius 2 is 2.00 bits per heavy atom. The fourth-order valence-corrected chi connectivity index (χ4v) is 3.35. The molecule has 1 atom stereocenters. The van der Waals surface area contributed by atoms with Gasteiger partial charge in [0.05, 0.1) is 5.69 Å². The summed E-state index contributed by atoms with van der Waals surface area (Å²) >= 11 is 0. The highest BCUT2D eigenvalue weighted by Gasteiger charge is 2.28. The zero-order chi connectivity index (χ0) is 18.0. The lowest BCUT2D eigenvalue weighted by atomic mass is 10.0. The van der Waals surface area contributed by atoms with E-state index < -0.39 is 0 Å². The van der Waals surface area contributed by atoms with Crippen molar-refractivity contribution in [3.8, 4) is 5.69 Å². The Bertz CT molecular complexity index is 736. The fourth-order valence-electron chi connectivity index (χ4n) is 3.35. The molecule has 0 saturated heterocycles. The predicted molar refractivity (Wildman–Crippen MR) is 100.0 cm³/mol. The molecule has 25 heavy (non-hydrogen) atoms. The number of carbonyl (C=O) groups excluding carboxylic acids is 1. The first-order valence-electron chi connectivity index (χ1n) is 9.16. The molecule has 0 spiro atoms. The maximum atomic E-state index is 12.9. The van der Waals surface area contributed by atoms with Crippen LogP contribution in [0, 0.1) is 5.92 Å². The smallest absolute Gasteiger partial charge is 0.274 e. The molecule has 1 amide bonds. The van der Waals surface area contributed by atoms with Crippen LogP contribution in [0.2, 0.25) is 0 Å². The Hall–Kier alpha value is -2.14. The van der Waals surface area contributed by atoms with Crippen LogP contribution in [-0.4, -0.2) is 40.2 Å². The summed E-state index contributed by atoms with van der Waals surface area (Å²) in [7, 11) is 1.85. The quantitative estimate of drug-likeness (QED) is 0.879. The first kappa shape index (κ1) is 17.7. The number of nitrogens with two attached hydrogens (primary N) is 1. The van der Waals surface area contributed by atoms with E-state index in [1.54, 1.807) is 4.90 Å². The third-order valence-corrected chi connectivity index (χ3v) is 5.13. The molecule has 1 aliphatic rings. The Morgan fingerprint density at radius 1 is 1.28 bits per heavy atom. The Labute approximate surface area is 149 Å². The van der Waals surface area contributed by atoms with E-state index in [9.17, 15) is 4.79 Å². The normalized spacial score (nSPS) is 14.6. The number of rotatable bonds is 6. The first-order chi connectivity index (χ1) is 12.0. The summed E-state index contributed by atoms with van der Waals surface area (Å²) in [5.41, 5.74) is 10.0. The average molecular weight is 340 g/mol. The molecule has 5 heteroatoms. The first-order valence-corrected chi connectivity index (χ1v) is 9.16. The van der Waals surface area contributed by atoms with Crippen molar-refractivity contribution in [2.45, 2.75) is 45.6 Å². The molecule has 2 N–H and O–H groups in total. The average Bonchev–Trinajstić information content (AvgIpc) is 3.21. The highest BCUT2D eigenvalue weighted by atomic mass is 16.2. The van der Waals surface area contributed by atoms with E-state index in [2.05, 4.69) is 18.9 Å². The number of nitrogens with zero attached hydrogens (tertiary/aromatic N) is 3. The maximum Gasteiger partial charge on any atom is 0.274 e.